The molecule has 0 unspecified atom stereocenters. The van der Waals surface area contributed by atoms with Gasteiger partial charge in [0, 0.05) is 6.54 Å². The summed E-state index contributed by atoms with van der Waals surface area (Å²) in [4.78, 5) is 0.384. The largest absolute Gasteiger partial charge is 0.330 e. The van der Waals surface area contributed by atoms with Crippen molar-refractivity contribution < 1.29 is 8.42 Å². The summed E-state index contributed by atoms with van der Waals surface area (Å²) in [5.74, 6) is 0. The Morgan fingerprint density at radius 3 is 2.59 bits per heavy atom. The average Bonchev–Trinajstić information content (AvgIpc) is 2.34. The van der Waals surface area contributed by atoms with Gasteiger partial charge >= 0.3 is 0 Å². The first-order valence-corrected chi connectivity index (χ1v) is 7.37. The SMILES string of the molecule is CCc1ccccc1S(=O)(=O)NCCCCN. The molecule has 0 saturated heterocycles. The molecule has 0 fully saturated rings. The lowest BCUT2D eigenvalue weighted by molar-refractivity contribution is 0.576. The van der Waals surface area contributed by atoms with E-state index in [-0.39, 0.29) is 0 Å². The fourth-order valence-corrected chi connectivity index (χ4v) is 3.00. The maximum absolute atomic E-state index is 12.0. The first-order valence-electron chi connectivity index (χ1n) is 5.89. The summed E-state index contributed by atoms with van der Waals surface area (Å²) in [6.07, 6.45) is 2.31. The molecule has 1 rings (SSSR count). The highest BCUT2D eigenvalue weighted by Crippen LogP contribution is 2.15. The van der Waals surface area contributed by atoms with Gasteiger partial charge in [0.05, 0.1) is 4.90 Å². The summed E-state index contributed by atoms with van der Waals surface area (Å²) in [5, 5.41) is 0. The van der Waals surface area contributed by atoms with Crippen LogP contribution in [0.5, 0.6) is 0 Å². The van der Waals surface area contributed by atoms with Gasteiger partial charge in [0.25, 0.3) is 0 Å². The van der Waals surface area contributed by atoms with E-state index < -0.39 is 10.0 Å². The van der Waals surface area contributed by atoms with E-state index in [0.29, 0.717) is 24.4 Å². The second-order valence-electron chi connectivity index (χ2n) is 3.85. The first-order chi connectivity index (χ1) is 8.11. The molecule has 0 atom stereocenters. The Labute approximate surface area is 103 Å². The molecule has 0 aliphatic rings. The topological polar surface area (TPSA) is 72.2 Å². The van der Waals surface area contributed by atoms with Gasteiger partial charge in [-0.15, -0.1) is 0 Å². The number of unbranched alkanes of at least 4 members (excludes halogenated alkanes) is 1. The third-order valence-corrected chi connectivity index (χ3v) is 4.13. The van der Waals surface area contributed by atoms with Crippen molar-refractivity contribution >= 4 is 10.0 Å². The second-order valence-corrected chi connectivity index (χ2v) is 5.59. The number of rotatable bonds is 7. The van der Waals surface area contributed by atoms with E-state index in [1.807, 2.05) is 19.1 Å². The molecule has 1 aromatic carbocycles. The van der Waals surface area contributed by atoms with E-state index >= 15 is 0 Å². The van der Waals surface area contributed by atoms with Crippen molar-refractivity contribution in [2.24, 2.45) is 5.73 Å². The van der Waals surface area contributed by atoms with Gasteiger partial charge in [0.2, 0.25) is 10.0 Å². The molecule has 17 heavy (non-hydrogen) atoms. The van der Waals surface area contributed by atoms with Gasteiger partial charge in [-0.05, 0) is 37.4 Å². The Hall–Kier alpha value is -0.910. The van der Waals surface area contributed by atoms with Crippen LogP contribution in [0.15, 0.2) is 29.2 Å². The van der Waals surface area contributed by atoms with Crippen molar-refractivity contribution in [2.75, 3.05) is 13.1 Å². The van der Waals surface area contributed by atoms with Gasteiger partial charge in [-0.25, -0.2) is 13.1 Å². The molecule has 96 valence electrons. The van der Waals surface area contributed by atoms with Gasteiger partial charge < -0.3 is 5.73 Å². The predicted molar refractivity (Wildman–Crippen MR) is 69.3 cm³/mol. The molecule has 0 heterocycles. The summed E-state index contributed by atoms with van der Waals surface area (Å²) in [6, 6.07) is 7.08. The summed E-state index contributed by atoms with van der Waals surface area (Å²) < 4.78 is 26.7. The molecule has 0 saturated carbocycles. The molecule has 0 amide bonds. The fourth-order valence-electron chi connectivity index (χ4n) is 1.61. The van der Waals surface area contributed by atoms with E-state index in [1.165, 1.54) is 0 Å². The van der Waals surface area contributed by atoms with E-state index in [4.69, 9.17) is 5.73 Å². The van der Waals surface area contributed by atoms with Crippen molar-refractivity contribution in [1.82, 2.24) is 4.72 Å². The first kappa shape index (κ1) is 14.2. The maximum atomic E-state index is 12.0. The molecule has 0 spiro atoms. The zero-order valence-corrected chi connectivity index (χ0v) is 11.0. The smallest absolute Gasteiger partial charge is 0.240 e. The summed E-state index contributed by atoms with van der Waals surface area (Å²) >= 11 is 0. The van der Waals surface area contributed by atoms with Crippen LogP contribution in [-0.2, 0) is 16.4 Å². The van der Waals surface area contributed by atoms with Gasteiger partial charge in [0.15, 0.2) is 0 Å². The Balaban J connectivity index is 2.75. The van der Waals surface area contributed by atoms with Gasteiger partial charge in [-0.3, -0.25) is 0 Å². The van der Waals surface area contributed by atoms with Crippen LogP contribution < -0.4 is 10.5 Å². The van der Waals surface area contributed by atoms with Crippen molar-refractivity contribution in [3.8, 4) is 0 Å². The van der Waals surface area contributed by atoms with Crippen molar-refractivity contribution in [3.05, 3.63) is 29.8 Å². The molecule has 0 bridgehead atoms. The van der Waals surface area contributed by atoms with Crippen LogP contribution in [-0.4, -0.2) is 21.5 Å². The minimum Gasteiger partial charge on any atom is -0.330 e. The highest BCUT2D eigenvalue weighted by molar-refractivity contribution is 7.89. The highest BCUT2D eigenvalue weighted by atomic mass is 32.2. The lowest BCUT2D eigenvalue weighted by Crippen LogP contribution is -2.26. The number of hydrogen-bond donors (Lipinski definition) is 2. The normalized spacial score (nSPS) is 11.6. The third-order valence-electron chi connectivity index (χ3n) is 2.57. The van der Waals surface area contributed by atoms with Crippen molar-refractivity contribution in [2.45, 2.75) is 31.1 Å². The van der Waals surface area contributed by atoms with Crippen LogP contribution >= 0.6 is 0 Å². The highest BCUT2D eigenvalue weighted by Gasteiger charge is 2.16. The van der Waals surface area contributed by atoms with Crippen molar-refractivity contribution in [1.29, 1.82) is 0 Å². The Morgan fingerprint density at radius 1 is 1.24 bits per heavy atom. The van der Waals surface area contributed by atoms with Gasteiger partial charge in [-0.2, -0.15) is 0 Å². The number of aryl methyl sites for hydroxylation is 1. The summed E-state index contributed by atoms with van der Waals surface area (Å²) in [6.45, 7) is 2.98. The molecule has 4 nitrogen and oxygen atoms in total. The minimum atomic E-state index is -3.37. The predicted octanol–water partition coefficient (Wildman–Crippen LogP) is 1.27. The van der Waals surface area contributed by atoms with Crippen LogP contribution in [0.25, 0.3) is 0 Å². The Bertz CT molecular complexity index is 444. The molecule has 0 aliphatic carbocycles. The molecule has 0 radical (unpaired) electrons. The van der Waals surface area contributed by atoms with E-state index in [1.54, 1.807) is 12.1 Å². The Morgan fingerprint density at radius 2 is 1.94 bits per heavy atom. The zero-order chi connectivity index (χ0) is 12.7. The van der Waals surface area contributed by atoms with Crippen molar-refractivity contribution in [3.63, 3.8) is 0 Å². The molecule has 0 aliphatic heterocycles. The van der Waals surface area contributed by atoms with Crippen LogP contribution in [0.2, 0.25) is 0 Å². The summed E-state index contributed by atoms with van der Waals surface area (Å²) in [5.41, 5.74) is 6.20. The molecule has 3 N–H and O–H groups in total. The molecule has 0 aromatic heterocycles. The van der Waals surface area contributed by atoms with Gasteiger partial charge in [0.1, 0.15) is 0 Å². The van der Waals surface area contributed by atoms with Crippen LogP contribution in [0.4, 0.5) is 0 Å². The fraction of sp³-hybridized carbons (Fsp3) is 0.500. The number of hydrogen-bond acceptors (Lipinski definition) is 3. The van der Waals surface area contributed by atoms with Gasteiger partial charge in [-0.1, -0.05) is 25.1 Å². The second kappa shape index (κ2) is 6.74. The average molecular weight is 256 g/mol. The molecule has 5 heteroatoms. The van der Waals surface area contributed by atoms with Crippen LogP contribution in [0.1, 0.15) is 25.3 Å². The molecular weight excluding hydrogens is 236 g/mol. The maximum Gasteiger partial charge on any atom is 0.240 e. The third kappa shape index (κ3) is 4.11. The van der Waals surface area contributed by atoms with E-state index in [9.17, 15) is 8.42 Å². The van der Waals surface area contributed by atoms with Crippen LogP contribution in [0, 0.1) is 0 Å². The zero-order valence-electron chi connectivity index (χ0n) is 10.1. The number of sulfonamides is 1. The lowest BCUT2D eigenvalue weighted by atomic mass is 10.2. The Kier molecular flexibility index (Phi) is 5.61. The van der Waals surface area contributed by atoms with E-state index in [2.05, 4.69) is 4.72 Å². The quantitative estimate of drug-likeness (QED) is 0.722. The number of benzene rings is 1. The number of nitrogens with two attached hydrogens (primary N) is 1. The monoisotopic (exact) mass is 256 g/mol. The minimum absolute atomic E-state index is 0.384. The standard InChI is InChI=1S/C12H20N2O2S/c1-2-11-7-3-4-8-12(11)17(15,16)14-10-6-5-9-13/h3-4,7-8,14H,2,5-6,9-10,13H2,1H3. The van der Waals surface area contributed by atoms with E-state index in [0.717, 1.165) is 18.4 Å². The summed E-state index contributed by atoms with van der Waals surface area (Å²) in [7, 11) is -3.37. The number of nitrogens with one attached hydrogen (secondary N) is 1. The lowest BCUT2D eigenvalue weighted by Gasteiger charge is -2.10. The molecular formula is C12H20N2O2S. The molecule has 1 aromatic rings. The van der Waals surface area contributed by atoms with Crippen LogP contribution in [0.3, 0.4) is 0 Å².